The van der Waals surface area contributed by atoms with Gasteiger partial charge in [-0.3, -0.25) is 0 Å². The first-order valence-electron chi connectivity index (χ1n) is 5.79. The molecule has 0 rings (SSSR count). The van der Waals surface area contributed by atoms with Gasteiger partial charge in [0.25, 0.3) is 0 Å². The molecule has 0 aromatic rings. The molecule has 0 aromatic carbocycles. The summed E-state index contributed by atoms with van der Waals surface area (Å²) in [4.78, 5) is 0. The van der Waals surface area contributed by atoms with Crippen molar-refractivity contribution in [1.29, 1.82) is 0 Å². The minimum atomic E-state index is 0.716. The van der Waals surface area contributed by atoms with Crippen LogP contribution in [-0.2, 0) is 0 Å². The zero-order valence-electron chi connectivity index (χ0n) is 9.53. The second kappa shape index (κ2) is 10.0. The van der Waals surface area contributed by atoms with Crippen molar-refractivity contribution in [3.05, 3.63) is 0 Å². The van der Waals surface area contributed by atoms with Crippen LogP contribution in [0.2, 0.25) is 0 Å². The Labute approximate surface area is 83.5 Å². The summed E-state index contributed by atoms with van der Waals surface area (Å²) in [5, 5.41) is 6.96. The van der Waals surface area contributed by atoms with Crippen molar-refractivity contribution in [2.24, 2.45) is 0 Å². The Kier molecular flexibility index (Phi) is 9.94. The van der Waals surface area contributed by atoms with Crippen molar-refractivity contribution in [3.63, 3.8) is 0 Å². The molecule has 0 fully saturated rings. The molecule has 0 atom stereocenters. The number of nitrogens with one attached hydrogen (secondary N) is 2. The summed E-state index contributed by atoms with van der Waals surface area (Å²) in [6.07, 6.45) is 5.06. The first kappa shape index (κ1) is 12.9. The van der Waals surface area contributed by atoms with E-state index in [-0.39, 0.29) is 0 Å². The molecule has 0 heterocycles. The Bertz CT molecular complexity index is 90.1. The lowest BCUT2D eigenvalue weighted by Crippen LogP contribution is -2.34. The van der Waals surface area contributed by atoms with Crippen LogP contribution in [-0.4, -0.2) is 25.7 Å². The van der Waals surface area contributed by atoms with Gasteiger partial charge >= 0.3 is 0 Å². The second-order valence-electron chi connectivity index (χ2n) is 3.57. The average Bonchev–Trinajstić information content (AvgIpc) is 2.17. The Balaban J connectivity index is 3.05. The van der Waals surface area contributed by atoms with Gasteiger partial charge in [-0.25, -0.2) is 0 Å². The fourth-order valence-electron chi connectivity index (χ4n) is 1.37. The number of rotatable bonds is 9. The third-order valence-electron chi connectivity index (χ3n) is 2.43. The van der Waals surface area contributed by atoms with Crippen LogP contribution in [0.5, 0.6) is 0 Å². The highest BCUT2D eigenvalue weighted by molar-refractivity contribution is 4.62. The maximum Gasteiger partial charge on any atom is 0.00793 e. The molecule has 13 heavy (non-hydrogen) atoms. The lowest BCUT2D eigenvalue weighted by Gasteiger charge is -2.14. The predicted molar refractivity (Wildman–Crippen MR) is 60.2 cm³/mol. The molecule has 0 aliphatic heterocycles. The molecule has 0 aliphatic rings. The van der Waals surface area contributed by atoms with Gasteiger partial charge in [-0.05, 0) is 25.8 Å². The normalized spacial score (nSPS) is 11.1. The maximum atomic E-state index is 3.53. The molecule has 0 radical (unpaired) electrons. The topological polar surface area (TPSA) is 24.1 Å². The molecule has 0 aromatic heterocycles. The third-order valence-corrected chi connectivity index (χ3v) is 2.43. The monoisotopic (exact) mass is 186 g/mol. The van der Waals surface area contributed by atoms with Crippen molar-refractivity contribution >= 4 is 0 Å². The molecule has 80 valence electrons. The van der Waals surface area contributed by atoms with E-state index in [1.54, 1.807) is 0 Å². The standard InChI is InChI=1S/C11H26N2/c1-4-7-8-12-9-10-13-11(5-2)6-3/h11-13H,4-10H2,1-3H3. The molecule has 2 heteroatoms. The van der Waals surface area contributed by atoms with Crippen LogP contribution in [0.15, 0.2) is 0 Å². The minimum absolute atomic E-state index is 0.716. The third kappa shape index (κ3) is 8.26. The van der Waals surface area contributed by atoms with Gasteiger partial charge in [0, 0.05) is 19.1 Å². The lowest BCUT2D eigenvalue weighted by atomic mass is 10.2. The van der Waals surface area contributed by atoms with E-state index in [0.29, 0.717) is 6.04 Å². The summed E-state index contributed by atoms with van der Waals surface area (Å²) in [6, 6.07) is 0.716. The summed E-state index contributed by atoms with van der Waals surface area (Å²) in [6.45, 7) is 10.1. The van der Waals surface area contributed by atoms with E-state index in [2.05, 4.69) is 31.4 Å². The minimum Gasteiger partial charge on any atom is -0.315 e. The fraction of sp³-hybridized carbons (Fsp3) is 1.00. The SMILES string of the molecule is CCCCNCCNC(CC)CC. The van der Waals surface area contributed by atoms with Crippen LogP contribution < -0.4 is 10.6 Å². The van der Waals surface area contributed by atoms with Gasteiger partial charge in [0.05, 0.1) is 0 Å². The molecule has 0 bridgehead atoms. The van der Waals surface area contributed by atoms with Crippen LogP contribution >= 0.6 is 0 Å². The molecule has 2 N–H and O–H groups in total. The van der Waals surface area contributed by atoms with E-state index in [1.165, 1.54) is 32.2 Å². The van der Waals surface area contributed by atoms with E-state index in [9.17, 15) is 0 Å². The second-order valence-corrected chi connectivity index (χ2v) is 3.57. The van der Waals surface area contributed by atoms with Gasteiger partial charge in [0.2, 0.25) is 0 Å². The highest BCUT2D eigenvalue weighted by Crippen LogP contribution is 1.94. The smallest absolute Gasteiger partial charge is 0.00793 e. The number of unbranched alkanes of at least 4 members (excludes halogenated alkanes) is 1. The van der Waals surface area contributed by atoms with Crippen LogP contribution in [0.4, 0.5) is 0 Å². The summed E-state index contributed by atoms with van der Waals surface area (Å²) >= 11 is 0. The van der Waals surface area contributed by atoms with Gasteiger partial charge in [-0.15, -0.1) is 0 Å². The largest absolute Gasteiger partial charge is 0.315 e. The quantitative estimate of drug-likeness (QED) is 0.539. The van der Waals surface area contributed by atoms with Crippen molar-refractivity contribution in [2.45, 2.75) is 52.5 Å². The molecule has 0 amide bonds. The van der Waals surface area contributed by atoms with Crippen molar-refractivity contribution in [3.8, 4) is 0 Å². The highest BCUT2D eigenvalue weighted by Gasteiger charge is 1.99. The van der Waals surface area contributed by atoms with Gasteiger partial charge in [-0.1, -0.05) is 27.2 Å². The zero-order valence-corrected chi connectivity index (χ0v) is 9.53. The lowest BCUT2D eigenvalue weighted by molar-refractivity contribution is 0.474. The molecule has 0 unspecified atom stereocenters. The predicted octanol–water partition coefficient (Wildman–Crippen LogP) is 2.15. The molecule has 0 saturated heterocycles. The zero-order chi connectivity index (χ0) is 9.94. The Morgan fingerprint density at radius 3 is 2.15 bits per heavy atom. The molecular weight excluding hydrogens is 160 g/mol. The van der Waals surface area contributed by atoms with Crippen LogP contribution in [0, 0.1) is 0 Å². The summed E-state index contributed by atoms with van der Waals surface area (Å²) in [7, 11) is 0. The van der Waals surface area contributed by atoms with Crippen LogP contribution in [0.3, 0.4) is 0 Å². The summed E-state index contributed by atoms with van der Waals surface area (Å²) in [5.74, 6) is 0. The maximum absolute atomic E-state index is 3.53. The van der Waals surface area contributed by atoms with Crippen molar-refractivity contribution in [2.75, 3.05) is 19.6 Å². The van der Waals surface area contributed by atoms with Gasteiger partial charge in [0.15, 0.2) is 0 Å². The van der Waals surface area contributed by atoms with Crippen molar-refractivity contribution < 1.29 is 0 Å². The van der Waals surface area contributed by atoms with Gasteiger partial charge in [0.1, 0.15) is 0 Å². The van der Waals surface area contributed by atoms with Crippen molar-refractivity contribution in [1.82, 2.24) is 10.6 Å². The first-order valence-corrected chi connectivity index (χ1v) is 5.79. The molecule has 0 aliphatic carbocycles. The molecule has 0 saturated carbocycles. The van der Waals surface area contributed by atoms with E-state index in [4.69, 9.17) is 0 Å². The van der Waals surface area contributed by atoms with E-state index >= 15 is 0 Å². The van der Waals surface area contributed by atoms with E-state index < -0.39 is 0 Å². The molecule has 0 spiro atoms. The van der Waals surface area contributed by atoms with Gasteiger partial charge in [-0.2, -0.15) is 0 Å². The Morgan fingerprint density at radius 2 is 1.62 bits per heavy atom. The number of hydrogen-bond donors (Lipinski definition) is 2. The number of hydrogen-bond acceptors (Lipinski definition) is 2. The van der Waals surface area contributed by atoms with Crippen LogP contribution in [0.25, 0.3) is 0 Å². The Hall–Kier alpha value is -0.0800. The van der Waals surface area contributed by atoms with E-state index in [0.717, 1.165) is 13.1 Å². The molecular formula is C11H26N2. The van der Waals surface area contributed by atoms with Gasteiger partial charge < -0.3 is 10.6 Å². The first-order chi connectivity index (χ1) is 6.35. The average molecular weight is 186 g/mol. The fourth-order valence-corrected chi connectivity index (χ4v) is 1.37. The summed E-state index contributed by atoms with van der Waals surface area (Å²) < 4.78 is 0. The van der Waals surface area contributed by atoms with Crippen LogP contribution in [0.1, 0.15) is 46.5 Å². The Morgan fingerprint density at radius 1 is 0.923 bits per heavy atom. The van der Waals surface area contributed by atoms with E-state index in [1.807, 2.05) is 0 Å². The highest BCUT2D eigenvalue weighted by atomic mass is 15.0. The molecule has 2 nitrogen and oxygen atoms in total. The summed E-state index contributed by atoms with van der Waals surface area (Å²) in [5.41, 5.74) is 0.